The van der Waals surface area contributed by atoms with E-state index in [0.717, 1.165) is 0 Å². The quantitative estimate of drug-likeness (QED) is 0.187. The normalized spacial score (nSPS) is 18.5. The Labute approximate surface area is 201 Å². The largest absolute Gasteiger partial charge is 0.491 e. The molecule has 0 unspecified atom stereocenters. The number of carbonyl (C=O) groups excluding carboxylic acids is 1. The third-order valence-electron chi connectivity index (χ3n) is 5.90. The van der Waals surface area contributed by atoms with Crippen LogP contribution in [0.2, 0.25) is 0 Å². The molecule has 1 aliphatic rings. The van der Waals surface area contributed by atoms with Crippen molar-refractivity contribution in [2.45, 2.75) is 44.6 Å². The summed E-state index contributed by atoms with van der Waals surface area (Å²) in [6.45, 7) is 8.06. The summed E-state index contributed by atoms with van der Waals surface area (Å²) in [6, 6.07) is 8.37. The second-order valence-corrected chi connectivity index (χ2v) is 8.21. The van der Waals surface area contributed by atoms with Gasteiger partial charge in [-0.3, -0.25) is 0 Å². The Balaban J connectivity index is 1.73. The summed E-state index contributed by atoms with van der Waals surface area (Å²) < 4.78 is 67.2. The molecule has 1 fully saturated rings. The number of esters is 1. The number of aliphatic hydroxyl groups excluding tert-OH is 1. The predicted molar refractivity (Wildman–Crippen MR) is 124 cm³/mol. The van der Waals surface area contributed by atoms with E-state index in [1.54, 1.807) is 13.0 Å². The smallest absolute Gasteiger partial charge is 0.343 e. The molecule has 1 N–H and O–H groups in total. The van der Waals surface area contributed by atoms with Crippen LogP contribution in [-0.4, -0.2) is 23.8 Å². The van der Waals surface area contributed by atoms with E-state index in [9.17, 15) is 27.5 Å². The maximum atomic E-state index is 14.9. The molecule has 1 aliphatic carbocycles. The molecule has 1 saturated carbocycles. The third-order valence-corrected chi connectivity index (χ3v) is 5.90. The molecule has 0 saturated heterocycles. The number of carbonyl (C=O) groups is 1. The number of ether oxygens (including phenoxy) is 2. The van der Waals surface area contributed by atoms with E-state index in [2.05, 4.69) is 13.2 Å². The van der Waals surface area contributed by atoms with Gasteiger partial charge in [-0.15, -0.1) is 0 Å². The van der Waals surface area contributed by atoms with Gasteiger partial charge in [-0.25, -0.2) is 13.6 Å². The van der Waals surface area contributed by atoms with Crippen molar-refractivity contribution in [2.75, 3.05) is 6.61 Å². The van der Waals surface area contributed by atoms with Crippen LogP contribution in [0.4, 0.5) is 17.6 Å². The Kier molecular flexibility index (Phi) is 8.51. The van der Waals surface area contributed by atoms with Gasteiger partial charge in [0.05, 0.1) is 18.3 Å². The minimum atomic E-state index is -1.53. The Morgan fingerprint density at radius 3 is 2.14 bits per heavy atom. The minimum absolute atomic E-state index is 0.0110. The average Bonchev–Trinajstić information content (AvgIpc) is 2.85. The Morgan fingerprint density at radius 2 is 1.54 bits per heavy atom. The van der Waals surface area contributed by atoms with E-state index in [1.807, 2.05) is 0 Å². The molecule has 2 aromatic carbocycles. The molecule has 0 heterocycles. The van der Waals surface area contributed by atoms with E-state index in [0.29, 0.717) is 31.2 Å². The lowest BCUT2D eigenvalue weighted by Crippen LogP contribution is -2.18. The summed E-state index contributed by atoms with van der Waals surface area (Å²) in [5.41, 5.74) is 0.570. The Bertz CT molecular complexity index is 1150. The van der Waals surface area contributed by atoms with Crippen molar-refractivity contribution in [1.29, 1.82) is 0 Å². The fraction of sp³-hybridized carbons (Fsp3) is 0.296. The number of allylic oxidation sites excluding steroid dienone is 2. The fourth-order valence-electron chi connectivity index (χ4n) is 3.97. The summed E-state index contributed by atoms with van der Waals surface area (Å²) in [5, 5.41) is 9.64. The van der Waals surface area contributed by atoms with Crippen LogP contribution in [-0.2, 0) is 9.47 Å². The van der Waals surface area contributed by atoms with Gasteiger partial charge in [0.15, 0.2) is 23.2 Å². The van der Waals surface area contributed by atoms with Crippen molar-refractivity contribution in [1.82, 2.24) is 0 Å². The average molecular weight is 490 g/mol. The molecule has 3 rings (SSSR count). The molecule has 0 aromatic heterocycles. The van der Waals surface area contributed by atoms with Gasteiger partial charge in [-0.1, -0.05) is 37.4 Å². The second kappa shape index (κ2) is 11.4. The number of halogens is 4. The highest BCUT2D eigenvalue weighted by molar-refractivity contribution is 5.91. The molecule has 186 valence electrons. The van der Waals surface area contributed by atoms with Crippen LogP contribution in [0, 0.1) is 11.6 Å². The monoisotopic (exact) mass is 490 g/mol. The van der Waals surface area contributed by atoms with Crippen LogP contribution < -0.4 is 0 Å². The van der Waals surface area contributed by atoms with E-state index in [1.165, 1.54) is 30.3 Å². The first-order chi connectivity index (χ1) is 16.6. The van der Waals surface area contributed by atoms with Crippen molar-refractivity contribution in [3.63, 3.8) is 0 Å². The standard InChI is InChI=1S/C27H26F4O4/c1-4-34-15(2)23(28)24(29)16(3)35-27(33)19-7-5-17(6-8-19)21-13-14-22(26(31)25(21)30)18-9-11-20(32)12-10-18/h5-8,13-14,18,20,32H,2-4,9-12H2,1H3/b24-23-. The van der Waals surface area contributed by atoms with Crippen LogP contribution in [0.1, 0.15) is 54.4 Å². The maximum Gasteiger partial charge on any atom is 0.343 e. The summed E-state index contributed by atoms with van der Waals surface area (Å²) in [6.07, 6.45) is 1.86. The van der Waals surface area contributed by atoms with Crippen LogP contribution >= 0.6 is 0 Å². The van der Waals surface area contributed by atoms with Gasteiger partial charge in [-0.05, 0) is 61.8 Å². The zero-order chi connectivity index (χ0) is 25.7. The minimum Gasteiger partial charge on any atom is -0.491 e. The SMILES string of the molecule is C=C(OCC)/C(F)=C(/F)C(=C)OC(=O)c1ccc(-c2ccc(C3CCC(O)CC3)c(F)c2F)cc1. The van der Waals surface area contributed by atoms with Crippen LogP contribution in [0.25, 0.3) is 11.1 Å². The van der Waals surface area contributed by atoms with Crippen molar-refractivity contribution in [2.24, 2.45) is 0 Å². The summed E-state index contributed by atoms with van der Waals surface area (Å²) >= 11 is 0. The van der Waals surface area contributed by atoms with Crippen molar-refractivity contribution >= 4 is 5.97 Å². The zero-order valence-corrected chi connectivity index (χ0v) is 19.3. The first-order valence-electron chi connectivity index (χ1n) is 11.2. The number of benzene rings is 2. The van der Waals surface area contributed by atoms with Gasteiger partial charge in [0, 0.05) is 5.56 Å². The molecule has 0 spiro atoms. The van der Waals surface area contributed by atoms with Crippen molar-refractivity contribution in [3.8, 4) is 11.1 Å². The summed E-state index contributed by atoms with van der Waals surface area (Å²) in [7, 11) is 0. The van der Waals surface area contributed by atoms with Crippen LogP contribution in [0.3, 0.4) is 0 Å². The molecule has 0 bridgehead atoms. The lowest BCUT2D eigenvalue weighted by molar-refractivity contribution is 0.0622. The highest BCUT2D eigenvalue weighted by Gasteiger charge is 2.26. The Hall–Kier alpha value is -3.39. The summed E-state index contributed by atoms with van der Waals surface area (Å²) in [4.78, 5) is 12.3. The second-order valence-electron chi connectivity index (χ2n) is 8.21. The number of hydrogen-bond acceptors (Lipinski definition) is 4. The number of aliphatic hydroxyl groups is 1. The van der Waals surface area contributed by atoms with E-state index >= 15 is 0 Å². The van der Waals surface area contributed by atoms with Gasteiger partial charge in [0.25, 0.3) is 0 Å². The van der Waals surface area contributed by atoms with Gasteiger partial charge in [0.1, 0.15) is 0 Å². The molecular weight excluding hydrogens is 464 g/mol. The molecule has 2 aromatic rings. The van der Waals surface area contributed by atoms with Gasteiger partial charge in [0.2, 0.25) is 11.7 Å². The highest BCUT2D eigenvalue weighted by atomic mass is 19.2. The first kappa shape index (κ1) is 26.2. The van der Waals surface area contributed by atoms with E-state index in [4.69, 9.17) is 9.47 Å². The highest BCUT2D eigenvalue weighted by Crippen LogP contribution is 2.37. The summed E-state index contributed by atoms with van der Waals surface area (Å²) in [5.74, 6) is -7.51. The number of rotatable bonds is 8. The molecule has 4 nitrogen and oxygen atoms in total. The molecule has 35 heavy (non-hydrogen) atoms. The van der Waals surface area contributed by atoms with Crippen LogP contribution in [0.15, 0.2) is 72.7 Å². The van der Waals surface area contributed by atoms with E-state index in [-0.39, 0.29) is 29.2 Å². The third kappa shape index (κ3) is 6.00. The first-order valence-corrected chi connectivity index (χ1v) is 11.2. The molecule has 0 atom stereocenters. The molecule has 0 radical (unpaired) electrons. The fourth-order valence-corrected chi connectivity index (χ4v) is 3.97. The Morgan fingerprint density at radius 1 is 0.943 bits per heavy atom. The molecule has 0 amide bonds. The lowest BCUT2D eigenvalue weighted by atomic mass is 9.82. The van der Waals surface area contributed by atoms with Crippen molar-refractivity contribution in [3.05, 3.63) is 95.5 Å². The maximum absolute atomic E-state index is 14.9. The van der Waals surface area contributed by atoms with E-state index < -0.39 is 46.9 Å². The number of hydrogen-bond donors (Lipinski definition) is 1. The van der Waals surface area contributed by atoms with Crippen LogP contribution in [0.5, 0.6) is 0 Å². The van der Waals surface area contributed by atoms with Crippen molar-refractivity contribution < 1.29 is 36.9 Å². The van der Waals surface area contributed by atoms with Gasteiger partial charge >= 0.3 is 5.97 Å². The predicted octanol–water partition coefficient (Wildman–Crippen LogP) is 7.02. The van der Waals surface area contributed by atoms with Gasteiger partial charge in [-0.2, -0.15) is 8.78 Å². The molecular formula is C27H26F4O4. The molecule has 8 heteroatoms. The zero-order valence-electron chi connectivity index (χ0n) is 19.3. The van der Waals surface area contributed by atoms with Gasteiger partial charge < -0.3 is 14.6 Å². The topological polar surface area (TPSA) is 55.8 Å². The lowest BCUT2D eigenvalue weighted by Gasteiger charge is -2.26. The molecule has 0 aliphatic heterocycles.